The molecule has 22 heavy (non-hydrogen) atoms. The zero-order valence-electron chi connectivity index (χ0n) is 12.4. The highest BCUT2D eigenvalue weighted by Gasteiger charge is 2.21. The van der Waals surface area contributed by atoms with Crippen LogP contribution < -0.4 is 16.4 Å². The van der Waals surface area contributed by atoms with E-state index < -0.39 is 17.7 Å². The topological polar surface area (TPSA) is 101 Å². The zero-order valence-corrected chi connectivity index (χ0v) is 12.4. The van der Waals surface area contributed by atoms with Gasteiger partial charge in [-0.2, -0.15) is 0 Å². The molecule has 1 aromatic carbocycles. The quantitative estimate of drug-likeness (QED) is 0.436. The second kappa shape index (κ2) is 7.59. The molecular weight excluding hydrogens is 282 g/mol. The first-order valence-electron chi connectivity index (χ1n) is 7.58. The highest BCUT2D eigenvalue weighted by atomic mass is 16.2. The summed E-state index contributed by atoms with van der Waals surface area (Å²) in [6, 6.07) is 6.14. The minimum Gasteiger partial charge on any atom is -0.399 e. The molecule has 1 fully saturated rings. The van der Waals surface area contributed by atoms with E-state index in [1.807, 2.05) is 0 Å². The maximum atomic E-state index is 11.9. The SMILES string of the molecule is Nc1ccc(C(=O)NC(=O)C(=O)NC2CCCCCC2)cc1. The largest absolute Gasteiger partial charge is 0.399 e. The molecule has 0 unspecified atom stereocenters. The Hall–Kier alpha value is -2.37. The lowest BCUT2D eigenvalue weighted by atomic mass is 10.1. The summed E-state index contributed by atoms with van der Waals surface area (Å²) in [5.41, 5.74) is 6.33. The third kappa shape index (κ3) is 4.58. The van der Waals surface area contributed by atoms with Gasteiger partial charge in [0.25, 0.3) is 5.91 Å². The predicted octanol–water partition coefficient (Wildman–Crippen LogP) is 1.36. The number of rotatable bonds is 2. The summed E-state index contributed by atoms with van der Waals surface area (Å²) >= 11 is 0. The molecule has 1 aliphatic carbocycles. The number of nitrogens with one attached hydrogen (secondary N) is 2. The number of amides is 3. The Balaban J connectivity index is 1.86. The fourth-order valence-electron chi connectivity index (χ4n) is 2.54. The van der Waals surface area contributed by atoms with E-state index >= 15 is 0 Å². The first kappa shape index (κ1) is 16.0. The van der Waals surface area contributed by atoms with Gasteiger partial charge in [-0.05, 0) is 37.1 Å². The number of carbonyl (C=O) groups is 3. The van der Waals surface area contributed by atoms with Gasteiger partial charge in [0.1, 0.15) is 0 Å². The maximum Gasteiger partial charge on any atom is 0.316 e. The summed E-state index contributed by atoms with van der Waals surface area (Å²) in [5.74, 6) is -2.29. The zero-order chi connectivity index (χ0) is 15.9. The van der Waals surface area contributed by atoms with Crippen molar-refractivity contribution in [2.45, 2.75) is 44.6 Å². The molecule has 118 valence electrons. The van der Waals surface area contributed by atoms with E-state index in [0.29, 0.717) is 5.69 Å². The van der Waals surface area contributed by atoms with Gasteiger partial charge in [-0.25, -0.2) is 0 Å². The van der Waals surface area contributed by atoms with E-state index in [1.165, 1.54) is 12.1 Å². The molecule has 1 aromatic rings. The summed E-state index contributed by atoms with van der Waals surface area (Å²) in [6.07, 6.45) is 6.19. The second-order valence-electron chi connectivity index (χ2n) is 5.57. The van der Waals surface area contributed by atoms with E-state index in [-0.39, 0.29) is 11.6 Å². The number of nitrogen functional groups attached to an aromatic ring is 1. The molecule has 0 spiro atoms. The van der Waals surface area contributed by atoms with Crippen molar-refractivity contribution in [1.82, 2.24) is 10.6 Å². The van der Waals surface area contributed by atoms with E-state index in [9.17, 15) is 14.4 Å². The molecule has 6 nitrogen and oxygen atoms in total. The van der Waals surface area contributed by atoms with Gasteiger partial charge in [-0.3, -0.25) is 19.7 Å². The fourth-order valence-corrected chi connectivity index (χ4v) is 2.54. The molecule has 2 rings (SSSR count). The first-order valence-corrected chi connectivity index (χ1v) is 7.58. The molecule has 4 N–H and O–H groups in total. The van der Waals surface area contributed by atoms with Gasteiger partial charge in [0.2, 0.25) is 0 Å². The van der Waals surface area contributed by atoms with Gasteiger partial charge in [0.05, 0.1) is 0 Å². The minimum absolute atomic E-state index is 0.0207. The standard InChI is InChI=1S/C16H21N3O3/c17-12-9-7-11(8-10-12)14(20)19-16(22)15(21)18-13-5-3-1-2-4-6-13/h7-10,13H,1-6,17H2,(H,18,21)(H,19,20,22). The van der Waals surface area contributed by atoms with Crippen molar-refractivity contribution in [2.75, 3.05) is 5.73 Å². The molecule has 0 heterocycles. The normalized spacial score (nSPS) is 15.6. The molecule has 0 aliphatic heterocycles. The number of hydrogen-bond donors (Lipinski definition) is 3. The Kier molecular flexibility index (Phi) is 5.52. The molecule has 0 bridgehead atoms. The Bertz CT molecular complexity index is 546. The summed E-state index contributed by atoms with van der Waals surface area (Å²) < 4.78 is 0. The van der Waals surface area contributed by atoms with Gasteiger partial charge in [0.15, 0.2) is 0 Å². The second-order valence-corrected chi connectivity index (χ2v) is 5.57. The molecule has 3 amide bonds. The Morgan fingerprint density at radius 2 is 1.50 bits per heavy atom. The van der Waals surface area contributed by atoms with Crippen LogP contribution in [0, 0.1) is 0 Å². The average molecular weight is 303 g/mol. The molecule has 0 saturated heterocycles. The highest BCUT2D eigenvalue weighted by Crippen LogP contribution is 2.17. The Morgan fingerprint density at radius 3 is 2.09 bits per heavy atom. The number of hydrogen-bond acceptors (Lipinski definition) is 4. The predicted molar refractivity (Wildman–Crippen MR) is 83.0 cm³/mol. The number of anilines is 1. The summed E-state index contributed by atoms with van der Waals surface area (Å²) in [4.78, 5) is 35.5. The van der Waals surface area contributed by atoms with E-state index in [4.69, 9.17) is 5.73 Å². The lowest BCUT2D eigenvalue weighted by Gasteiger charge is -2.15. The third-order valence-electron chi connectivity index (χ3n) is 3.80. The van der Waals surface area contributed by atoms with Crippen LogP contribution in [-0.4, -0.2) is 23.8 Å². The first-order chi connectivity index (χ1) is 10.6. The van der Waals surface area contributed by atoms with Crippen molar-refractivity contribution in [3.63, 3.8) is 0 Å². The van der Waals surface area contributed by atoms with Gasteiger partial charge in [-0.15, -0.1) is 0 Å². The van der Waals surface area contributed by atoms with Crippen molar-refractivity contribution < 1.29 is 14.4 Å². The molecule has 1 saturated carbocycles. The van der Waals surface area contributed by atoms with Crippen LogP contribution in [-0.2, 0) is 9.59 Å². The molecular formula is C16H21N3O3. The lowest BCUT2D eigenvalue weighted by Crippen LogP contribution is -2.46. The minimum atomic E-state index is -0.925. The number of imide groups is 1. The summed E-state index contributed by atoms with van der Waals surface area (Å²) in [5, 5.41) is 4.79. The van der Waals surface area contributed by atoms with Crippen molar-refractivity contribution in [3.8, 4) is 0 Å². The van der Waals surface area contributed by atoms with E-state index in [1.54, 1.807) is 12.1 Å². The summed E-state index contributed by atoms with van der Waals surface area (Å²) in [7, 11) is 0. The molecule has 0 aromatic heterocycles. The highest BCUT2D eigenvalue weighted by molar-refractivity contribution is 6.38. The van der Waals surface area contributed by atoms with Crippen LogP contribution in [0.25, 0.3) is 0 Å². The lowest BCUT2D eigenvalue weighted by molar-refractivity contribution is -0.139. The number of carbonyl (C=O) groups excluding carboxylic acids is 3. The van der Waals surface area contributed by atoms with Crippen LogP contribution in [0.1, 0.15) is 48.9 Å². The molecule has 6 heteroatoms. The van der Waals surface area contributed by atoms with Crippen LogP contribution in [0.15, 0.2) is 24.3 Å². The monoisotopic (exact) mass is 303 g/mol. The third-order valence-corrected chi connectivity index (χ3v) is 3.80. The van der Waals surface area contributed by atoms with Crippen LogP contribution in [0.3, 0.4) is 0 Å². The van der Waals surface area contributed by atoms with E-state index in [0.717, 1.165) is 38.5 Å². The van der Waals surface area contributed by atoms with E-state index in [2.05, 4.69) is 10.6 Å². The van der Waals surface area contributed by atoms with Gasteiger partial charge < -0.3 is 11.1 Å². The Morgan fingerprint density at radius 1 is 0.909 bits per heavy atom. The van der Waals surface area contributed by atoms with Gasteiger partial charge in [-0.1, -0.05) is 25.7 Å². The van der Waals surface area contributed by atoms with Crippen molar-refractivity contribution in [3.05, 3.63) is 29.8 Å². The average Bonchev–Trinajstić information content (AvgIpc) is 2.76. The smallest absolute Gasteiger partial charge is 0.316 e. The van der Waals surface area contributed by atoms with Crippen LogP contribution in [0.4, 0.5) is 5.69 Å². The van der Waals surface area contributed by atoms with Crippen LogP contribution >= 0.6 is 0 Å². The Labute approximate surface area is 129 Å². The van der Waals surface area contributed by atoms with Crippen LogP contribution in [0.2, 0.25) is 0 Å². The molecule has 1 aliphatic rings. The van der Waals surface area contributed by atoms with Crippen molar-refractivity contribution in [1.29, 1.82) is 0 Å². The van der Waals surface area contributed by atoms with Crippen molar-refractivity contribution >= 4 is 23.4 Å². The molecule has 0 radical (unpaired) electrons. The van der Waals surface area contributed by atoms with Gasteiger partial charge >= 0.3 is 11.8 Å². The number of benzene rings is 1. The van der Waals surface area contributed by atoms with Gasteiger partial charge in [0, 0.05) is 17.3 Å². The fraction of sp³-hybridized carbons (Fsp3) is 0.438. The van der Waals surface area contributed by atoms with Crippen molar-refractivity contribution in [2.24, 2.45) is 0 Å². The molecule has 0 atom stereocenters. The number of nitrogens with two attached hydrogens (primary N) is 1. The summed E-state index contributed by atoms with van der Waals surface area (Å²) in [6.45, 7) is 0. The maximum absolute atomic E-state index is 11.9. The van der Waals surface area contributed by atoms with Crippen LogP contribution in [0.5, 0.6) is 0 Å².